The maximum Gasteiger partial charge on any atom is 0.0160 e. The summed E-state index contributed by atoms with van der Waals surface area (Å²) in [4.78, 5) is 7.61. The molecule has 0 spiro atoms. The first-order valence-corrected chi connectivity index (χ1v) is 8.52. The number of nitrogens with zero attached hydrogens (tertiary/aromatic N) is 3. The van der Waals surface area contributed by atoms with Gasteiger partial charge in [-0.2, -0.15) is 0 Å². The predicted molar refractivity (Wildman–Crippen MR) is 92.9 cm³/mol. The first kappa shape index (κ1) is 18.6. The topological polar surface area (TPSA) is 21.8 Å². The fourth-order valence-corrected chi connectivity index (χ4v) is 3.08. The lowest BCUT2D eigenvalue weighted by atomic mass is 9.93. The van der Waals surface area contributed by atoms with Crippen LogP contribution in [0.15, 0.2) is 12.7 Å². The molecule has 0 amide bonds. The molecule has 0 unspecified atom stereocenters. The smallest absolute Gasteiger partial charge is 0.0160 e. The fourth-order valence-electron chi connectivity index (χ4n) is 3.08. The minimum absolute atomic E-state index is 0.964. The first-order valence-electron chi connectivity index (χ1n) is 8.52. The van der Waals surface area contributed by atoms with E-state index in [1.165, 1.54) is 65.1 Å². The minimum Gasteiger partial charge on any atom is -0.323 e. The number of rotatable bonds is 5. The Morgan fingerprint density at radius 1 is 1.00 bits per heavy atom. The summed E-state index contributed by atoms with van der Waals surface area (Å²) in [5.41, 5.74) is 0. The molecular formula is C17H36N4. The van der Waals surface area contributed by atoms with Crippen molar-refractivity contribution in [1.82, 2.24) is 20.0 Å². The van der Waals surface area contributed by atoms with Crippen molar-refractivity contribution in [2.75, 3.05) is 73.5 Å². The van der Waals surface area contributed by atoms with Gasteiger partial charge < -0.3 is 15.1 Å². The van der Waals surface area contributed by atoms with Crippen LogP contribution >= 0.6 is 0 Å². The Hall–Kier alpha value is -0.420. The van der Waals surface area contributed by atoms with Crippen LogP contribution in [0.3, 0.4) is 0 Å². The number of hydrogen-bond acceptors (Lipinski definition) is 4. The second-order valence-corrected chi connectivity index (χ2v) is 6.47. The molecule has 0 bridgehead atoms. The molecule has 0 radical (unpaired) electrons. The predicted octanol–water partition coefficient (Wildman–Crippen LogP) is 1.36. The highest BCUT2D eigenvalue weighted by molar-refractivity contribution is 4.79. The van der Waals surface area contributed by atoms with E-state index in [0.717, 1.165) is 12.5 Å². The van der Waals surface area contributed by atoms with E-state index in [0.29, 0.717) is 0 Å². The van der Waals surface area contributed by atoms with Crippen LogP contribution in [0.25, 0.3) is 0 Å². The minimum atomic E-state index is 0.964. The summed E-state index contributed by atoms with van der Waals surface area (Å²) in [5, 5.41) is 2.75. The van der Waals surface area contributed by atoms with E-state index in [9.17, 15) is 0 Å². The summed E-state index contributed by atoms with van der Waals surface area (Å²) in [6, 6.07) is 0. The van der Waals surface area contributed by atoms with Gasteiger partial charge in [-0.15, -0.1) is 6.58 Å². The summed E-state index contributed by atoms with van der Waals surface area (Å²) < 4.78 is 0. The van der Waals surface area contributed by atoms with Crippen molar-refractivity contribution < 1.29 is 0 Å². The van der Waals surface area contributed by atoms with Gasteiger partial charge in [0.25, 0.3) is 0 Å². The van der Waals surface area contributed by atoms with Gasteiger partial charge in [0.2, 0.25) is 0 Å². The van der Waals surface area contributed by atoms with Crippen molar-refractivity contribution in [3.05, 3.63) is 12.7 Å². The second kappa shape index (κ2) is 11.2. The van der Waals surface area contributed by atoms with E-state index in [1.54, 1.807) is 0 Å². The van der Waals surface area contributed by atoms with Gasteiger partial charge in [0.05, 0.1) is 0 Å². The quantitative estimate of drug-likeness (QED) is 0.773. The number of nitrogens with one attached hydrogen (secondary N) is 1. The number of likely N-dealkylation sites (tertiary alicyclic amines) is 1. The largest absolute Gasteiger partial charge is 0.323 e. The van der Waals surface area contributed by atoms with E-state index in [1.807, 2.05) is 20.2 Å². The van der Waals surface area contributed by atoms with Crippen molar-refractivity contribution in [2.24, 2.45) is 5.92 Å². The molecule has 0 aromatic heterocycles. The average Bonchev–Trinajstić information content (AvgIpc) is 2.49. The van der Waals surface area contributed by atoms with Gasteiger partial charge in [-0.05, 0) is 66.0 Å². The van der Waals surface area contributed by atoms with E-state index in [4.69, 9.17) is 0 Å². The molecule has 2 heterocycles. The van der Waals surface area contributed by atoms with E-state index < -0.39 is 0 Å². The van der Waals surface area contributed by atoms with Crippen LogP contribution in [0, 0.1) is 5.92 Å². The van der Waals surface area contributed by atoms with Crippen LogP contribution in [-0.4, -0.2) is 88.2 Å². The zero-order valence-corrected chi connectivity index (χ0v) is 14.5. The third-order valence-electron chi connectivity index (χ3n) is 4.54. The molecule has 0 saturated carbocycles. The van der Waals surface area contributed by atoms with Crippen molar-refractivity contribution in [3.8, 4) is 0 Å². The molecule has 2 aliphatic heterocycles. The van der Waals surface area contributed by atoms with Crippen molar-refractivity contribution in [2.45, 2.75) is 19.3 Å². The molecule has 2 aliphatic rings. The standard InChI is InChI=1S/C15H29N3.C2H7N/c1-3-7-17-8-4-15(5-9-17)6-10-18-13-11-16(2)12-14-18;1-3-2/h3,15H,1,4-14H2,2H3;3H,1-2H3. The summed E-state index contributed by atoms with van der Waals surface area (Å²) in [7, 11) is 5.98. The summed E-state index contributed by atoms with van der Waals surface area (Å²) in [6.07, 6.45) is 6.22. The van der Waals surface area contributed by atoms with Crippen LogP contribution < -0.4 is 5.32 Å². The lowest BCUT2D eigenvalue weighted by Gasteiger charge is -2.35. The maximum absolute atomic E-state index is 3.83. The van der Waals surface area contributed by atoms with E-state index in [2.05, 4.69) is 33.6 Å². The SMILES string of the molecule is C=CCN1CCC(CCN2CCN(C)CC2)CC1.CNC. The molecule has 0 aromatic carbocycles. The Balaban J connectivity index is 0.000000677. The molecule has 21 heavy (non-hydrogen) atoms. The van der Waals surface area contributed by atoms with Gasteiger partial charge in [0.1, 0.15) is 0 Å². The average molecular weight is 297 g/mol. The molecule has 0 aliphatic carbocycles. The zero-order valence-electron chi connectivity index (χ0n) is 14.5. The highest BCUT2D eigenvalue weighted by Gasteiger charge is 2.20. The number of likely N-dealkylation sites (N-methyl/N-ethyl adjacent to an activating group) is 1. The van der Waals surface area contributed by atoms with Crippen LogP contribution in [0.2, 0.25) is 0 Å². The maximum atomic E-state index is 3.83. The van der Waals surface area contributed by atoms with Gasteiger partial charge in [-0.1, -0.05) is 6.08 Å². The van der Waals surface area contributed by atoms with Crippen LogP contribution in [0.4, 0.5) is 0 Å². The fraction of sp³-hybridized carbons (Fsp3) is 0.882. The number of hydrogen-bond donors (Lipinski definition) is 1. The van der Waals surface area contributed by atoms with Gasteiger partial charge in [0, 0.05) is 32.7 Å². The lowest BCUT2D eigenvalue weighted by Crippen LogP contribution is -2.45. The van der Waals surface area contributed by atoms with Gasteiger partial charge >= 0.3 is 0 Å². The molecule has 2 rings (SSSR count). The Morgan fingerprint density at radius 2 is 1.57 bits per heavy atom. The van der Waals surface area contributed by atoms with Crippen molar-refractivity contribution in [1.29, 1.82) is 0 Å². The van der Waals surface area contributed by atoms with Crippen molar-refractivity contribution in [3.63, 3.8) is 0 Å². The number of piperidine rings is 1. The van der Waals surface area contributed by atoms with E-state index >= 15 is 0 Å². The second-order valence-electron chi connectivity index (χ2n) is 6.47. The highest BCUT2D eigenvalue weighted by Crippen LogP contribution is 2.20. The Bertz CT molecular complexity index is 254. The molecule has 4 heteroatoms. The normalized spacial score (nSPS) is 22.6. The van der Waals surface area contributed by atoms with E-state index in [-0.39, 0.29) is 0 Å². The van der Waals surface area contributed by atoms with Gasteiger partial charge in [-0.3, -0.25) is 4.90 Å². The van der Waals surface area contributed by atoms with Crippen LogP contribution in [-0.2, 0) is 0 Å². The lowest BCUT2D eigenvalue weighted by molar-refractivity contribution is 0.132. The zero-order chi connectivity index (χ0) is 15.5. The first-order chi connectivity index (χ1) is 10.2. The summed E-state index contributed by atoms with van der Waals surface area (Å²) >= 11 is 0. The summed E-state index contributed by atoms with van der Waals surface area (Å²) in [6.45, 7) is 13.8. The Morgan fingerprint density at radius 3 is 2.10 bits per heavy atom. The molecule has 1 N–H and O–H groups in total. The molecule has 0 atom stereocenters. The third-order valence-corrected chi connectivity index (χ3v) is 4.54. The molecular weight excluding hydrogens is 260 g/mol. The monoisotopic (exact) mass is 296 g/mol. The molecule has 2 fully saturated rings. The van der Waals surface area contributed by atoms with Gasteiger partial charge in [0.15, 0.2) is 0 Å². The van der Waals surface area contributed by atoms with Crippen LogP contribution in [0.5, 0.6) is 0 Å². The molecule has 2 saturated heterocycles. The molecule has 124 valence electrons. The molecule has 0 aromatic rings. The van der Waals surface area contributed by atoms with Gasteiger partial charge in [-0.25, -0.2) is 0 Å². The Kier molecular flexibility index (Phi) is 9.92. The summed E-state index contributed by atoms with van der Waals surface area (Å²) in [5.74, 6) is 0.964. The van der Waals surface area contributed by atoms with Crippen LogP contribution in [0.1, 0.15) is 19.3 Å². The highest BCUT2D eigenvalue weighted by atomic mass is 15.2. The number of piperazine rings is 1. The van der Waals surface area contributed by atoms with Crippen molar-refractivity contribution >= 4 is 0 Å². The Labute approximate surface area is 132 Å². The molecule has 4 nitrogen and oxygen atoms in total. The third kappa shape index (κ3) is 7.96.